The second kappa shape index (κ2) is 9.30. The molecule has 7 nitrogen and oxygen atoms in total. The van der Waals surface area contributed by atoms with Crippen LogP contribution in [-0.2, 0) is 4.79 Å². The number of fused-ring (bicyclic) bond motifs is 2. The Hall–Kier alpha value is -3.87. The SMILES string of the molecule is CCC1CN(C(=O)C2=CC(N3CCC(n4c(=O)[nH]c5ncccc54)CC3)=CCC=C2)c2ccccc21. The molecule has 2 aliphatic heterocycles. The first kappa shape index (κ1) is 22.6. The Morgan fingerprint density at radius 1 is 1.14 bits per heavy atom. The van der Waals surface area contributed by atoms with E-state index < -0.39 is 0 Å². The average molecular weight is 482 g/mol. The average Bonchev–Trinajstić information content (AvgIpc) is 3.34. The maximum atomic E-state index is 13.7. The third-order valence-electron chi connectivity index (χ3n) is 7.80. The molecule has 0 saturated carbocycles. The zero-order valence-electron chi connectivity index (χ0n) is 20.6. The van der Waals surface area contributed by atoms with Gasteiger partial charge in [0, 0.05) is 54.7 Å². The Balaban J connectivity index is 1.20. The predicted molar refractivity (Wildman–Crippen MR) is 142 cm³/mol. The molecular weight excluding hydrogens is 450 g/mol. The van der Waals surface area contributed by atoms with Gasteiger partial charge in [-0.1, -0.05) is 43.4 Å². The van der Waals surface area contributed by atoms with Crippen molar-refractivity contribution in [3.63, 3.8) is 0 Å². The fourth-order valence-corrected chi connectivity index (χ4v) is 5.90. The molecule has 2 aromatic heterocycles. The summed E-state index contributed by atoms with van der Waals surface area (Å²) in [4.78, 5) is 37.8. The highest BCUT2D eigenvalue weighted by atomic mass is 16.2. The number of rotatable bonds is 4. The number of anilines is 1. The van der Waals surface area contributed by atoms with E-state index >= 15 is 0 Å². The zero-order chi connectivity index (χ0) is 24.6. The van der Waals surface area contributed by atoms with E-state index in [1.807, 2.05) is 33.7 Å². The number of allylic oxidation sites excluding steroid dienone is 3. The van der Waals surface area contributed by atoms with Crippen LogP contribution < -0.4 is 10.6 Å². The number of imidazole rings is 1. The molecule has 6 rings (SSSR count). The molecule has 3 aromatic rings. The van der Waals surface area contributed by atoms with Gasteiger partial charge in [-0.25, -0.2) is 9.78 Å². The number of piperidine rings is 1. The van der Waals surface area contributed by atoms with Crippen LogP contribution in [0.1, 0.15) is 50.1 Å². The van der Waals surface area contributed by atoms with Crippen molar-refractivity contribution < 1.29 is 4.79 Å². The Bertz CT molecular complexity index is 1450. The van der Waals surface area contributed by atoms with Crippen LogP contribution in [0.3, 0.4) is 0 Å². The summed E-state index contributed by atoms with van der Waals surface area (Å²) in [5.41, 5.74) is 5.54. The van der Waals surface area contributed by atoms with E-state index in [-0.39, 0.29) is 17.6 Å². The maximum Gasteiger partial charge on any atom is 0.327 e. The van der Waals surface area contributed by atoms with Gasteiger partial charge in [-0.15, -0.1) is 0 Å². The maximum absolute atomic E-state index is 13.7. The molecule has 1 fully saturated rings. The number of pyridine rings is 1. The number of benzene rings is 1. The molecule has 0 bridgehead atoms. The molecule has 184 valence electrons. The van der Waals surface area contributed by atoms with E-state index in [1.165, 1.54) is 5.56 Å². The highest BCUT2D eigenvalue weighted by Crippen LogP contribution is 2.39. The van der Waals surface area contributed by atoms with E-state index in [0.717, 1.165) is 67.8 Å². The van der Waals surface area contributed by atoms with Crippen LogP contribution >= 0.6 is 0 Å². The molecule has 1 aliphatic carbocycles. The largest absolute Gasteiger partial charge is 0.372 e. The van der Waals surface area contributed by atoms with Gasteiger partial charge in [-0.05, 0) is 55.5 Å². The number of nitrogens with zero attached hydrogens (tertiary/aromatic N) is 4. The minimum absolute atomic E-state index is 0.0650. The Kier molecular flexibility index (Phi) is 5.83. The van der Waals surface area contributed by atoms with Crippen LogP contribution in [0, 0.1) is 0 Å². The molecule has 7 heteroatoms. The lowest BCUT2D eigenvalue weighted by Gasteiger charge is -2.35. The lowest BCUT2D eigenvalue weighted by atomic mass is 9.99. The predicted octanol–water partition coefficient (Wildman–Crippen LogP) is 4.67. The van der Waals surface area contributed by atoms with Crippen LogP contribution in [0.5, 0.6) is 0 Å². The third kappa shape index (κ3) is 3.88. The number of carbonyl (C=O) groups excluding carboxylic acids is 1. The number of likely N-dealkylation sites (tertiary alicyclic amines) is 1. The van der Waals surface area contributed by atoms with Gasteiger partial charge in [-0.3, -0.25) is 14.3 Å². The fourth-order valence-electron chi connectivity index (χ4n) is 5.90. The molecule has 1 unspecified atom stereocenters. The molecule has 1 N–H and O–H groups in total. The molecule has 1 amide bonds. The summed E-state index contributed by atoms with van der Waals surface area (Å²) < 4.78 is 1.86. The standard InChI is InChI=1S/C29H31N5O2/c1-2-20-19-33(25-11-6-5-10-24(20)25)28(35)21-8-3-4-9-23(18-21)32-16-13-22(14-17-32)34-26-12-7-15-30-27(26)31-29(34)36/h3,5-12,15,18,20,22H,2,4,13-14,16-17,19H2,1H3,(H,30,31,36). The fraction of sp³-hybridized carbons (Fsp3) is 0.345. The number of H-pyrrole nitrogens is 1. The number of amides is 1. The number of para-hydroxylation sites is 1. The number of hydrogen-bond donors (Lipinski definition) is 1. The summed E-state index contributed by atoms with van der Waals surface area (Å²) in [6.45, 7) is 4.58. The van der Waals surface area contributed by atoms with Gasteiger partial charge < -0.3 is 9.80 Å². The molecule has 1 atom stereocenters. The zero-order valence-corrected chi connectivity index (χ0v) is 20.6. The minimum Gasteiger partial charge on any atom is -0.372 e. The topological polar surface area (TPSA) is 74.2 Å². The van der Waals surface area contributed by atoms with E-state index in [2.05, 4.69) is 58.2 Å². The van der Waals surface area contributed by atoms with Crippen molar-refractivity contribution in [3.8, 4) is 0 Å². The van der Waals surface area contributed by atoms with Crippen LogP contribution in [0.15, 0.2) is 83.0 Å². The molecular formula is C29H31N5O2. The van der Waals surface area contributed by atoms with Gasteiger partial charge in [-0.2, -0.15) is 0 Å². The first-order chi connectivity index (χ1) is 17.6. The summed E-state index contributed by atoms with van der Waals surface area (Å²) in [6, 6.07) is 12.2. The van der Waals surface area contributed by atoms with Gasteiger partial charge in [0.25, 0.3) is 5.91 Å². The lowest BCUT2D eigenvalue weighted by Crippen LogP contribution is -2.36. The van der Waals surface area contributed by atoms with Gasteiger partial charge in [0.2, 0.25) is 0 Å². The number of aromatic nitrogens is 3. The number of hydrogen-bond acceptors (Lipinski definition) is 4. The molecule has 36 heavy (non-hydrogen) atoms. The summed E-state index contributed by atoms with van der Waals surface area (Å²) in [5.74, 6) is 0.452. The third-order valence-corrected chi connectivity index (χ3v) is 7.80. The Labute approximate surface area is 210 Å². The molecule has 0 spiro atoms. The van der Waals surface area contributed by atoms with Gasteiger partial charge >= 0.3 is 5.69 Å². The van der Waals surface area contributed by atoms with Crippen molar-refractivity contribution in [2.45, 2.75) is 44.6 Å². The number of nitrogens with one attached hydrogen (secondary N) is 1. The molecule has 1 saturated heterocycles. The second-order valence-corrected chi connectivity index (χ2v) is 9.84. The molecule has 3 aliphatic rings. The molecule has 0 radical (unpaired) electrons. The number of carbonyl (C=O) groups is 1. The van der Waals surface area contributed by atoms with Crippen molar-refractivity contribution in [2.75, 3.05) is 24.5 Å². The van der Waals surface area contributed by atoms with Gasteiger partial charge in [0.1, 0.15) is 0 Å². The van der Waals surface area contributed by atoms with E-state index in [1.54, 1.807) is 6.20 Å². The highest BCUT2D eigenvalue weighted by molar-refractivity contribution is 6.09. The van der Waals surface area contributed by atoms with Crippen LogP contribution in [-0.4, -0.2) is 45.0 Å². The smallest absolute Gasteiger partial charge is 0.327 e. The normalized spacial score (nSPS) is 20.3. The molecule has 4 heterocycles. The highest BCUT2D eigenvalue weighted by Gasteiger charge is 2.32. The quantitative estimate of drug-likeness (QED) is 0.588. The summed E-state index contributed by atoms with van der Waals surface area (Å²) in [7, 11) is 0. The van der Waals surface area contributed by atoms with Crippen molar-refractivity contribution in [1.29, 1.82) is 0 Å². The summed E-state index contributed by atoms with van der Waals surface area (Å²) in [6.07, 6.45) is 13.5. The monoisotopic (exact) mass is 481 g/mol. The van der Waals surface area contributed by atoms with Gasteiger partial charge in [0.15, 0.2) is 5.65 Å². The van der Waals surface area contributed by atoms with E-state index in [9.17, 15) is 9.59 Å². The summed E-state index contributed by atoms with van der Waals surface area (Å²) in [5, 5.41) is 0. The van der Waals surface area contributed by atoms with Crippen molar-refractivity contribution in [3.05, 3.63) is 94.2 Å². The van der Waals surface area contributed by atoms with E-state index in [0.29, 0.717) is 11.6 Å². The summed E-state index contributed by atoms with van der Waals surface area (Å²) >= 11 is 0. The number of aromatic amines is 1. The Morgan fingerprint density at radius 2 is 1.97 bits per heavy atom. The van der Waals surface area contributed by atoms with Crippen LogP contribution in [0.2, 0.25) is 0 Å². The first-order valence-electron chi connectivity index (χ1n) is 12.9. The second-order valence-electron chi connectivity index (χ2n) is 9.84. The van der Waals surface area contributed by atoms with Crippen LogP contribution in [0.25, 0.3) is 11.2 Å². The van der Waals surface area contributed by atoms with E-state index in [4.69, 9.17) is 0 Å². The Morgan fingerprint density at radius 3 is 2.81 bits per heavy atom. The van der Waals surface area contributed by atoms with Crippen molar-refractivity contribution in [1.82, 2.24) is 19.4 Å². The van der Waals surface area contributed by atoms with Crippen LogP contribution in [0.4, 0.5) is 5.69 Å². The van der Waals surface area contributed by atoms with Crippen molar-refractivity contribution in [2.24, 2.45) is 0 Å². The van der Waals surface area contributed by atoms with Crippen molar-refractivity contribution >= 4 is 22.8 Å². The molecule has 1 aromatic carbocycles. The first-order valence-corrected chi connectivity index (χ1v) is 12.9. The minimum atomic E-state index is -0.0934. The lowest BCUT2D eigenvalue weighted by molar-refractivity contribution is -0.114. The van der Waals surface area contributed by atoms with Gasteiger partial charge in [0.05, 0.1) is 5.52 Å².